The number of carbonyl (C=O) groups is 2. The molecular weight excluding hydrogens is 308 g/mol. The molecule has 0 atom stereocenters. The van der Waals surface area contributed by atoms with Gasteiger partial charge in [0.2, 0.25) is 11.8 Å². The van der Waals surface area contributed by atoms with Crippen molar-refractivity contribution >= 4 is 11.8 Å². The third kappa shape index (κ3) is 5.53. The zero-order valence-electron chi connectivity index (χ0n) is 14.4. The molecule has 24 heavy (non-hydrogen) atoms. The summed E-state index contributed by atoms with van der Waals surface area (Å²) in [5, 5.41) is 2.93. The van der Waals surface area contributed by atoms with Crippen LogP contribution in [0.15, 0.2) is 24.3 Å². The molecule has 1 aromatic rings. The molecule has 0 saturated carbocycles. The second-order valence-corrected chi connectivity index (χ2v) is 5.97. The van der Waals surface area contributed by atoms with Crippen molar-refractivity contribution in [3.8, 4) is 5.75 Å². The Kier molecular flexibility index (Phi) is 7.06. The van der Waals surface area contributed by atoms with E-state index in [1.165, 1.54) is 0 Å². The Balaban J connectivity index is 1.80. The van der Waals surface area contributed by atoms with Crippen LogP contribution < -0.4 is 10.1 Å². The van der Waals surface area contributed by atoms with Crippen molar-refractivity contribution in [2.24, 2.45) is 5.92 Å². The minimum Gasteiger partial charge on any atom is -0.497 e. The van der Waals surface area contributed by atoms with Gasteiger partial charge in [0.05, 0.1) is 7.11 Å². The molecule has 1 N–H and O–H groups in total. The van der Waals surface area contributed by atoms with E-state index in [9.17, 15) is 9.59 Å². The van der Waals surface area contributed by atoms with Gasteiger partial charge in [0.1, 0.15) is 5.75 Å². The third-order valence-electron chi connectivity index (χ3n) is 4.25. The van der Waals surface area contributed by atoms with Crippen molar-refractivity contribution in [1.29, 1.82) is 0 Å². The number of nitrogens with one attached hydrogen (secondary N) is 1. The standard InChI is InChI=1S/C18H26N2O4/c1-14(21)20(13-15-3-5-17(23-2)6-4-15)10-9-19-18(22)16-7-11-24-12-8-16/h3-6,16H,7-13H2,1-2H3,(H,19,22). The predicted molar refractivity (Wildman–Crippen MR) is 90.6 cm³/mol. The van der Waals surface area contributed by atoms with E-state index in [1.807, 2.05) is 24.3 Å². The molecule has 6 heteroatoms. The highest BCUT2D eigenvalue weighted by molar-refractivity contribution is 5.78. The summed E-state index contributed by atoms with van der Waals surface area (Å²) >= 11 is 0. The molecule has 1 aliphatic heterocycles. The van der Waals surface area contributed by atoms with E-state index in [4.69, 9.17) is 9.47 Å². The highest BCUT2D eigenvalue weighted by atomic mass is 16.5. The van der Waals surface area contributed by atoms with Crippen LogP contribution in [-0.2, 0) is 20.9 Å². The second kappa shape index (κ2) is 9.27. The monoisotopic (exact) mass is 334 g/mol. The summed E-state index contributed by atoms with van der Waals surface area (Å²) in [5.41, 5.74) is 1.03. The van der Waals surface area contributed by atoms with E-state index in [0.717, 1.165) is 24.2 Å². The summed E-state index contributed by atoms with van der Waals surface area (Å²) in [7, 11) is 1.62. The molecule has 1 saturated heterocycles. The minimum atomic E-state index is -0.00821. The van der Waals surface area contributed by atoms with Crippen molar-refractivity contribution in [2.75, 3.05) is 33.4 Å². The molecule has 132 valence electrons. The number of benzene rings is 1. The van der Waals surface area contributed by atoms with E-state index in [1.54, 1.807) is 18.9 Å². The van der Waals surface area contributed by atoms with Gasteiger partial charge in [-0.25, -0.2) is 0 Å². The van der Waals surface area contributed by atoms with Crippen molar-refractivity contribution in [3.05, 3.63) is 29.8 Å². The Labute approximate surface area is 143 Å². The second-order valence-electron chi connectivity index (χ2n) is 5.97. The van der Waals surface area contributed by atoms with Gasteiger partial charge >= 0.3 is 0 Å². The maximum Gasteiger partial charge on any atom is 0.223 e. The molecule has 2 amide bonds. The van der Waals surface area contributed by atoms with Crippen LogP contribution >= 0.6 is 0 Å². The Morgan fingerprint density at radius 1 is 1.25 bits per heavy atom. The maximum atomic E-state index is 12.1. The van der Waals surface area contributed by atoms with Gasteiger partial charge in [-0.1, -0.05) is 12.1 Å². The zero-order valence-corrected chi connectivity index (χ0v) is 14.4. The summed E-state index contributed by atoms with van der Waals surface area (Å²) in [6.45, 7) is 4.32. The molecule has 2 rings (SSSR count). The summed E-state index contributed by atoms with van der Waals surface area (Å²) in [5.74, 6) is 0.875. The molecule has 6 nitrogen and oxygen atoms in total. The molecule has 0 aliphatic carbocycles. The van der Waals surface area contributed by atoms with Crippen molar-refractivity contribution in [2.45, 2.75) is 26.3 Å². The highest BCUT2D eigenvalue weighted by Crippen LogP contribution is 2.15. The summed E-state index contributed by atoms with van der Waals surface area (Å²) in [6.07, 6.45) is 1.54. The van der Waals surface area contributed by atoms with Crippen LogP contribution in [0.2, 0.25) is 0 Å². The van der Waals surface area contributed by atoms with E-state index >= 15 is 0 Å². The van der Waals surface area contributed by atoms with E-state index in [0.29, 0.717) is 32.8 Å². The van der Waals surface area contributed by atoms with Crippen LogP contribution in [0.1, 0.15) is 25.3 Å². The fourth-order valence-electron chi connectivity index (χ4n) is 2.72. The first-order valence-electron chi connectivity index (χ1n) is 8.34. The molecule has 0 unspecified atom stereocenters. The first-order valence-corrected chi connectivity index (χ1v) is 8.34. The summed E-state index contributed by atoms with van der Waals surface area (Å²) in [6, 6.07) is 7.63. The van der Waals surface area contributed by atoms with Gasteiger partial charge in [-0.2, -0.15) is 0 Å². The lowest BCUT2D eigenvalue weighted by Crippen LogP contribution is -2.40. The molecule has 1 fully saturated rings. The maximum absolute atomic E-state index is 12.1. The first kappa shape index (κ1) is 18.3. The Bertz CT molecular complexity index is 538. The van der Waals surface area contributed by atoms with Gasteiger partial charge in [0, 0.05) is 45.7 Å². The van der Waals surface area contributed by atoms with Gasteiger partial charge in [-0.05, 0) is 30.5 Å². The van der Waals surface area contributed by atoms with Crippen molar-refractivity contribution in [1.82, 2.24) is 10.2 Å². The van der Waals surface area contributed by atoms with Crippen LogP contribution in [0.25, 0.3) is 0 Å². The summed E-state index contributed by atoms with van der Waals surface area (Å²) < 4.78 is 10.4. The first-order chi connectivity index (χ1) is 11.6. The smallest absolute Gasteiger partial charge is 0.223 e. The highest BCUT2D eigenvalue weighted by Gasteiger charge is 2.21. The quantitative estimate of drug-likeness (QED) is 0.822. The fraction of sp³-hybridized carbons (Fsp3) is 0.556. The van der Waals surface area contributed by atoms with E-state index < -0.39 is 0 Å². The van der Waals surface area contributed by atoms with Crippen LogP contribution in [0.3, 0.4) is 0 Å². The topological polar surface area (TPSA) is 67.9 Å². The number of hydrogen-bond acceptors (Lipinski definition) is 4. The average Bonchev–Trinajstić information content (AvgIpc) is 2.62. The molecule has 0 bridgehead atoms. The van der Waals surface area contributed by atoms with E-state index in [-0.39, 0.29) is 17.7 Å². The molecule has 1 aliphatic rings. The number of methoxy groups -OCH3 is 1. The summed E-state index contributed by atoms with van der Waals surface area (Å²) in [4.78, 5) is 25.6. The Morgan fingerprint density at radius 2 is 1.92 bits per heavy atom. The van der Waals surface area contributed by atoms with Gasteiger partial charge < -0.3 is 19.7 Å². The number of nitrogens with zero attached hydrogens (tertiary/aromatic N) is 1. The lowest BCUT2D eigenvalue weighted by atomic mass is 9.99. The average molecular weight is 334 g/mol. The normalized spacial score (nSPS) is 14.9. The number of carbonyl (C=O) groups excluding carboxylic acids is 2. The molecule has 1 heterocycles. The van der Waals surface area contributed by atoms with Crippen molar-refractivity contribution < 1.29 is 19.1 Å². The number of rotatable bonds is 7. The van der Waals surface area contributed by atoms with Crippen LogP contribution in [0.5, 0.6) is 5.75 Å². The number of hydrogen-bond donors (Lipinski definition) is 1. The minimum absolute atomic E-state index is 0.00821. The Hall–Kier alpha value is -2.08. The van der Waals surface area contributed by atoms with Gasteiger partial charge in [0.15, 0.2) is 0 Å². The van der Waals surface area contributed by atoms with Crippen LogP contribution in [0.4, 0.5) is 0 Å². The number of ether oxygens (including phenoxy) is 2. The molecule has 1 aromatic carbocycles. The third-order valence-corrected chi connectivity index (χ3v) is 4.25. The predicted octanol–water partition coefficient (Wildman–Crippen LogP) is 1.59. The van der Waals surface area contributed by atoms with Crippen molar-refractivity contribution in [3.63, 3.8) is 0 Å². The van der Waals surface area contributed by atoms with Gasteiger partial charge in [-0.3, -0.25) is 9.59 Å². The number of amides is 2. The Morgan fingerprint density at radius 3 is 2.50 bits per heavy atom. The lowest BCUT2D eigenvalue weighted by Gasteiger charge is -2.24. The van der Waals surface area contributed by atoms with Gasteiger partial charge in [0.25, 0.3) is 0 Å². The van der Waals surface area contributed by atoms with Crippen LogP contribution in [0, 0.1) is 5.92 Å². The molecule has 0 aromatic heterocycles. The lowest BCUT2D eigenvalue weighted by molar-refractivity contribution is -0.131. The largest absolute Gasteiger partial charge is 0.497 e. The molecule has 0 radical (unpaired) electrons. The SMILES string of the molecule is COc1ccc(CN(CCNC(=O)C2CCOCC2)C(C)=O)cc1. The fourth-order valence-corrected chi connectivity index (χ4v) is 2.72. The van der Waals surface area contributed by atoms with Gasteiger partial charge in [-0.15, -0.1) is 0 Å². The zero-order chi connectivity index (χ0) is 17.4. The molecular formula is C18H26N2O4. The van der Waals surface area contributed by atoms with Crippen LogP contribution in [-0.4, -0.2) is 50.1 Å². The molecule has 0 spiro atoms. The van der Waals surface area contributed by atoms with E-state index in [2.05, 4.69) is 5.32 Å².